The van der Waals surface area contributed by atoms with Crippen LogP contribution in [0.25, 0.3) is 11.4 Å². The number of nitrogens with two attached hydrogens (primary N) is 2. The third-order valence-corrected chi connectivity index (χ3v) is 7.07. The molecule has 7 N–H and O–H groups in total. The molecular weight excluding hydrogens is 563 g/mol. The van der Waals surface area contributed by atoms with Crippen molar-refractivity contribution in [2.75, 3.05) is 30.7 Å². The van der Waals surface area contributed by atoms with Crippen LogP contribution >= 0.6 is 11.6 Å². The fourth-order valence-corrected chi connectivity index (χ4v) is 4.89. The Kier molecular flexibility index (Phi) is 7.69. The molecule has 1 aromatic carbocycles. The SMILES string of the molecule is NC[C@@H]1CCN(C(=O)c2ccc(NC(=O)c3ncc(Cc4c(C(F)(F)F)n[nH]c4-c4ccc(N)cn4)[nH]3)cc2Cl)C1. The number of hydrogen-bond donors (Lipinski definition) is 5. The quantitative estimate of drug-likeness (QED) is 0.219. The van der Waals surface area contributed by atoms with Crippen molar-refractivity contribution in [1.29, 1.82) is 0 Å². The molecule has 11 nitrogen and oxygen atoms in total. The van der Waals surface area contributed by atoms with Gasteiger partial charge >= 0.3 is 6.18 Å². The van der Waals surface area contributed by atoms with Crippen LogP contribution in [0.3, 0.4) is 0 Å². The molecule has 0 unspecified atom stereocenters. The number of nitrogens with one attached hydrogen (secondary N) is 3. The molecule has 4 aromatic rings. The number of nitrogens with zero attached hydrogens (tertiary/aromatic N) is 4. The minimum absolute atomic E-state index is 0.0645. The summed E-state index contributed by atoms with van der Waals surface area (Å²) in [6, 6.07) is 7.49. The van der Waals surface area contributed by atoms with Gasteiger partial charge in [0.1, 0.15) is 0 Å². The summed E-state index contributed by atoms with van der Waals surface area (Å²) in [7, 11) is 0. The van der Waals surface area contributed by atoms with Crippen LogP contribution in [-0.4, -0.2) is 61.5 Å². The number of imidazole rings is 1. The van der Waals surface area contributed by atoms with E-state index in [9.17, 15) is 22.8 Å². The standard InChI is InChI=1S/C26H25ClF3N9O2/c27-19-8-15(2-3-17(19)25(41)39-6-5-13(9-31)12-39)36-24(40)23-34-11-16(35-23)7-18-21(20-4-1-14(32)10-33-20)37-38-22(18)26(28,29)30/h1-4,8,10-11,13H,5-7,9,12,31-32H2,(H,34,35)(H,36,40)(H,37,38)/t13-/m0/s1. The van der Waals surface area contributed by atoms with E-state index in [0.29, 0.717) is 36.6 Å². The van der Waals surface area contributed by atoms with Gasteiger partial charge in [-0.15, -0.1) is 0 Å². The Morgan fingerprint density at radius 2 is 1.98 bits per heavy atom. The number of H-pyrrole nitrogens is 2. The van der Waals surface area contributed by atoms with Crippen molar-refractivity contribution in [3.63, 3.8) is 0 Å². The normalized spacial score (nSPS) is 15.3. The minimum atomic E-state index is -4.73. The molecule has 2 amide bonds. The van der Waals surface area contributed by atoms with E-state index in [1.807, 2.05) is 0 Å². The zero-order valence-electron chi connectivity index (χ0n) is 21.4. The van der Waals surface area contributed by atoms with Gasteiger partial charge < -0.3 is 26.7 Å². The largest absolute Gasteiger partial charge is 0.435 e. The van der Waals surface area contributed by atoms with Gasteiger partial charge in [0.25, 0.3) is 11.8 Å². The lowest BCUT2D eigenvalue weighted by molar-refractivity contribution is -0.141. The summed E-state index contributed by atoms with van der Waals surface area (Å²) in [6.45, 7) is 1.66. The Morgan fingerprint density at radius 1 is 1.17 bits per heavy atom. The first kappa shape index (κ1) is 28.1. The third-order valence-electron chi connectivity index (χ3n) is 6.75. The van der Waals surface area contributed by atoms with Crippen molar-refractivity contribution in [3.05, 3.63) is 76.1 Å². The number of carbonyl (C=O) groups is 2. The first-order valence-corrected chi connectivity index (χ1v) is 12.9. The molecule has 1 saturated heterocycles. The second-order valence-corrected chi connectivity index (χ2v) is 10.0. The molecule has 0 spiro atoms. The number of anilines is 2. The Balaban J connectivity index is 1.31. The molecule has 0 bridgehead atoms. The Labute approximate surface area is 236 Å². The molecule has 0 aliphatic carbocycles. The topological polar surface area (TPSA) is 172 Å². The van der Waals surface area contributed by atoms with E-state index in [0.717, 1.165) is 6.42 Å². The second-order valence-electron chi connectivity index (χ2n) is 9.62. The fraction of sp³-hybridized carbons (Fsp3) is 0.269. The van der Waals surface area contributed by atoms with Gasteiger partial charge in [-0.1, -0.05) is 11.6 Å². The summed E-state index contributed by atoms with van der Waals surface area (Å²) in [4.78, 5) is 38.2. The first-order chi connectivity index (χ1) is 19.5. The summed E-state index contributed by atoms with van der Waals surface area (Å²) < 4.78 is 41.1. The Morgan fingerprint density at radius 3 is 2.63 bits per heavy atom. The van der Waals surface area contributed by atoms with E-state index in [-0.39, 0.29) is 51.7 Å². The number of benzene rings is 1. The maximum atomic E-state index is 13.7. The lowest BCUT2D eigenvalue weighted by Crippen LogP contribution is -2.30. The van der Waals surface area contributed by atoms with E-state index in [1.54, 1.807) is 4.90 Å². The zero-order valence-corrected chi connectivity index (χ0v) is 22.2. The molecule has 41 heavy (non-hydrogen) atoms. The summed E-state index contributed by atoms with van der Waals surface area (Å²) in [5.41, 5.74) is 11.5. The number of pyridine rings is 1. The van der Waals surface area contributed by atoms with Gasteiger partial charge in [-0.25, -0.2) is 4.98 Å². The number of likely N-dealkylation sites (tertiary alicyclic amines) is 1. The van der Waals surface area contributed by atoms with E-state index >= 15 is 0 Å². The van der Waals surface area contributed by atoms with Crippen LogP contribution in [0.15, 0.2) is 42.7 Å². The van der Waals surface area contributed by atoms with Gasteiger partial charge in [-0.3, -0.25) is 19.7 Å². The highest BCUT2D eigenvalue weighted by atomic mass is 35.5. The second kappa shape index (κ2) is 11.2. The maximum Gasteiger partial charge on any atom is 0.435 e. The van der Waals surface area contributed by atoms with E-state index in [1.165, 1.54) is 42.7 Å². The molecule has 0 radical (unpaired) electrons. The molecule has 1 atom stereocenters. The number of aromatic amines is 2. The molecule has 4 heterocycles. The lowest BCUT2D eigenvalue weighted by Gasteiger charge is -2.17. The maximum absolute atomic E-state index is 13.7. The number of hydrogen-bond acceptors (Lipinski definition) is 7. The number of alkyl halides is 3. The predicted octanol–water partition coefficient (Wildman–Crippen LogP) is 3.71. The van der Waals surface area contributed by atoms with Crippen molar-refractivity contribution in [3.8, 4) is 11.4 Å². The molecule has 3 aromatic heterocycles. The summed E-state index contributed by atoms with van der Waals surface area (Å²) in [6.07, 6.45) is -1.58. The molecule has 214 valence electrons. The van der Waals surface area contributed by atoms with Crippen LogP contribution in [0.2, 0.25) is 5.02 Å². The third kappa shape index (κ3) is 6.02. The number of halogens is 4. The lowest BCUT2D eigenvalue weighted by atomic mass is 10.0. The fourth-order valence-electron chi connectivity index (χ4n) is 4.63. The first-order valence-electron chi connectivity index (χ1n) is 12.5. The van der Waals surface area contributed by atoms with Gasteiger partial charge in [0.15, 0.2) is 11.5 Å². The van der Waals surface area contributed by atoms with Gasteiger partial charge in [-0.2, -0.15) is 18.3 Å². The number of nitrogen functional groups attached to an aromatic ring is 1. The Hall–Kier alpha value is -4.43. The van der Waals surface area contributed by atoms with Gasteiger partial charge in [0.05, 0.1) is 33.9 Å². The van der Waals surface area contributed by atoms with E-state index in [2.05, 4.69) is 30.5 Å². The number of carbonyl (C=O) groups excluding carboxylic acids is 2. The zero-order chi connectivity index (χ0) is 29.3. The predicted molar refractivity (Wildman–Crippen MR) is 145 cm³/mol. The smallest absolute Gasteiger partial charge is 0.397 e. The highest BCUT2D eigenvalue weighted by molar-refractivity contribution is 6.34. The minimum Gasteiger partial charge on any atom is -0.397 e. The van der Waals surface area contributed by atoms with Crippen LogP contribution in [0.5, 0.6) is 0 Å². The van der Waals surface area contributed by atoms with Crippen molar-refractivity contribution >= 4 is 34.8 Å². The molecule has 1 aliphatic heterocycles. The average Bonchev–Trinajstić information content (AvgIpc) is 3.69. The van der Waals surface area contributed by atoms with Crippen molar-refractivity contribution in [2.45, 2.75) is 19.0 Å². The van der Waals surface area contributed by atoms with Crippen molar-refractivity contribution in [2.24, 2.45) is 11.7 Å². The summed E-state index contributed by atoms with van der Waals surface area (Å²) in [5, 5.41) is 8.65. The Bertz CT molecular complexity index is 1580. The molecule has 1 aliphatic rings. The van der Waals surface area contributed by atoms with Gasteiger partial charge in [0, 0.05) is 42.7 Å². The molecule has 15 heteroatoms. The highest BCUT2D eigenvalue weighted by Gasteiger charge is 2.38. The van der Waals surface area contributed by atoms with Crippen molar-refractivity contribution in [1.82, 2.24) is 30.0 Å². The molecule has 5 rings (SSSR count). The van der Waals surface area contributed by atoms with Crippen LogP contribution in [0.4, 0.5) is 24.5 Å². The molecule has 0 saturated carbocycles. The van der Waals surface area contributed by atoms with E-state index in [4.69, 9.17) is 23.1 Å². The van der Waals surface area contributed by atoms with E-state index < -0.39 is 17.8 Å². The average molecular weight is 588 g/mol. The summed E-state index contributed by atoms with van der Waals surface area (Å²) in [5.74, 6) is -0.750. The van der Waals surface area contributed by atoms with Crippen LogP contribution < -0.4 is 16.8 Å². The van der Waals surface area contributed by atoms with Gasteiger partial charge in [-0.05, 0) is 49.2 Å². The molecule has 1 fully saturated rings. The van der Waals surface area contributed by atoms with Crippen LogP contribution in [-0.2, 0) is 12.6 Å². The van der Waals surface area contributed by atoms with Gasteiger partial charge in [0.2, 0.25) is 0 Å². The molecular formula is C26H25ClF3N9O2. The monoisotopic (exact) mass is 587 g/mol. The number of amides is 2. The number of aromatic nitrogens is 5. The van der Waals surface area contributed by atoms with Crippen LogP contribution in [0.1, 0.15) is 44.3 Å². The number of rotatable bonds is 7. The van der Waals surface area contributed by atoms with Crippen LogP contribution in [0, 0.1) is 5.92 Å². The van der Waals surface area contributed by atoms with Crippen molar-refractivity contribution < 1.29 is 22.8 Å². The summed E-state index contributed by atoms with van der Waals surface area (Å²) >= 11 is 6.35. The highest BCUT2D eigenvalue weighted by Crippen LogP contribution is 2.35.